The Labute approximate surface area is 131 Å². The third-order valence-corrected chi connectivity index (χ3v) is 3.31. The van der Waals surface area contributed by atoms with E-state index in [2.05, 4.69) is 5.10 Å². The van der Waals surface area contributed by atoms with Crippen molar-refractivity contribution >= 4 is 5.91 Å². The van der Waals surface area contributed by atoms with Crippen LogP contribution in [0.4, 0.5) is 0 Å². The van der Waals surface area contributed by atoms with Crippen LogP contribution < -0.4 is 5.76 Å². The quantitative estimate of drug-likeness (QED) is 0.717. The standard InChI is InChI=1S/C16H15N3O4/c1-18(10-13-8-5-9-22-13)14(20)11-19-16(21)23-15(17-19)12-6-3-2-4-7-12/h2-9H,10-11H2,1H3. The Bertz CT molecular complexity index is 834. The van der Waals surface area contributed by atoms with Crippen LogP contribution in [0, 0.1) is 0 Å². The summed E-state index contributed by atoms with van der Waals surface area (Å²) in [6.45, 7) is 0.135. The molecule has 7 nitrogen and oxygen atoms in total. The molecule has 2 aromatic heterocycles. The monoisotopic (exact) mass is 313 g/mol. The highest BCUT2D eigenvalue weighted by Crippen LogP contribution is 2.14. The van der Waals surface area contributed by atoms with Gasteiger partial charge < -0.3 is 13.7 Å². The van der Waals surface area contributed by atoms with Crippen molar-refractivity contribution in [3.8, 4) is 11.5 Å². The van der Waals surface area contributed by atoms with Crippen molar-refractivity contribution in [2.24, 2.45) is 0 Å². The normalized spacial score (nSPS) is 10.7. The molecule has 2 heterocycles. The smallest absolute Gasteiger partial charge is 0.437 e. The summed E-state index contributed by atoms with van der Waals surface area (Å²) in [5.41, 5.74) is 0.680. The molecule has 3 rings (SSSR count). The Morgan fingerprint density at radius 2 is 2.00 bits per heavy atom. The molecule has 0 atom stereocenters. The number of hydrogen-bond acceptors (Lipinski definition) is 5. The summed E-state index contributed by atoms with van der Waals surface area (Å²) >= 11 is 0. The zero-order chi connectivity index (χ0) is 16.2. The van der Waals surface area contributed by atoms with E-state index in [9.17, 15) is 9.59 Å². The number of amides is 1. The first-order chi connectivity index (χ1) is 11.1. The zero-order valence-electron chi connectivity index (χ0n) is 12.5. The Morgan fingerprint density at radius 3 is 2.70 bits per heavy atom. The second-order valence-corrected chi connectivity index (χ2v) is 5.03. The van der Waals surface area contributed by atoms with Gasteiger partial charge in [0.15, 0.2) is 0 Å². The average Bonchev–Trinajstić information content (AvgIpc) is 3.18. The Balaban J connectivity index is 1.71. The summed E-state index contributed by atoms with van der Waals surface area (Å²) in [5, 5.41) is 4.07. The van der Waals surface area contributed by atoms with Gasteiger partial charge >= 0.3 is 5.76 Å². The predicted molar refractivity (Wildman–Crippen MR) is 81.4 cm³/mol. The summed E-state index contributed by atoms with van der Waals surface area (Å²) in [6.07, 6.45) is 1.54. The number of furan rings is 1. The van der Waals surface area contributed by atoms with Gasteiger partial charge in [-0.2, -0.15) is 4.68 Å². The van der Waals surface area contributed by atoms with Crippen molar-refractivity contribution in [3.63, 3.8) is 0 Å². The maximum absolute atomic E-state index is 12.2. The number of rotatable bonds is 5. The molecule has 23 heavy (non-hydrogen) atoms. The van der Waals surface area contributed by atoms with Gasteiger partial charge in [0.05, 0.1) is 12.8 Å². The average molecular weight is 313 g/mol. The summed E-state index contributed by atoms with van der Waals surface area (Å²) < 4.78 is 11.3. The van der Waals surface area contributed by atoms with E-state index in [0.29, 0.717) is 17.9 Å². The molecule has 0 saturated carbocycles. The predicted octanol–water partition coefficient (Wildman–Crippen LogP) is 1.75. The topological polar surface area (TPSA) is 81.5 Å². The third-order valence-electron chi connectivity index (χ3n) is 3.31. The lowest BCUT2D eigenvalue weighted by atomic mass is 10.2. The molecule has 0 unspecified atom stereocenters. The van der Waals surface area contributed by atoms with E-state index in [0.717, 1.165) is 4.68 Å². The molecular weight excluding hydrogens is 298 g/mol. The van der Waals surface area contributed by atoms with E-state index >= 15 is 0 Å². The third kappa shape index (κ3) is 3.39. The molecule has 0 aliphatic rings. The van der Waals surface area contributed by atoms with Gasteiger partial charge in [-0.15, -0.1) is 5.10 Å². The van der Waals surface area contributed by atoms with Crippen LogP contribution in [0.2, 0.25) is 0 Å². The fraction of sp³-hybridized carbons (Fsp3) is 0.188. The van der Waals surface area contributed by atoms with Gasteiger partial charge in [-0.25, -0.2) is 4.79 Å². The van der Waals surface area contributed by atoms with E-state index in [4.69, 9.17) is 8.83 Å². The maximum Gasteiger partial charge on any atom is 0.437 e. The van der Waals surface area contributed by atoms with Crippen LogP contribution in [0.3, 0.4) is 0 Å². The molecule has 0 spiro atoms. The minimum atomic E-state index is -0.663. The molecule has 0 aliphatic heterocycles. The lowest BCUT2D eigenvalue weighted by Gasteiger charge is -2.14. The van der Waals surface area contributed by atoms with E-state index in [1.807, 2.05) is 18.2 Å². The lowest BCUT2D eigenvalue weighted by Crippen LogP contribution is -2.32. The fourth-order valence-electron chi connectivity index (χ4n) is 2.08. The highest BCUT2D eigenvalue weighted by molar-refractivity contribution is 5.75. The number of likely N-dealkylation sites (N-methyl/N-ethyl adjacent to an activating group) is 1. The highest BCUT2D eigenvalue weighted by Gasteiger charge is 2.16. The molecule has 0 N–H and O–H groups in total. The zero-order valence-corrected chi connectivity index (χ0v) is 12.5. The largest absolute Gasteiger partial charge is 0.467 e. The second-order valence-electron chi connectivity index (χ2n) is 5.03. The van der Waals surface area contributed by atoms with Crippen molar-refractivity contribution in [2.75, 3.05) is 7.05 Å². The molecule has 3 aromatic rings. The molecule has 1 aromatic carbocycles. The number of nitrogens with zero attached hydrogens (tertiary/aromatic N) is 3. The van der Waals surface area contributed by atoms with Crippen molar-refractivity contribution in [1.29, 1.82) is 0 Å². The van der Waals surface area contributed by atoms with Crippen LogP contribution in [0.5, 0.6) is 0 Å². The SMILES string of the molecule is CN(Cc1ccco1)C(=O)Cn1nc(-c2ccccc2)oc1=O. The van der Waals surface area contributed by atoms with E-state index < -0.39 is 5.76 Å². The summed E-state index contributed by atoms with van der Waals surface area (Å²) in [4.78, 5) is 25.5. The molecule has 0 radical (unpaired) electrons. The molecule has 118 valence electrons. The van der Waals surface area contributed by atoms with Gasteiger partial charge in [0.25, 0.3) is 0 Å². The van der Waals surface area contributed by atoms with Crippen molar-refractivity contribution in [1.82, 2.24) is 14.7 Å². The lowest BCUT2D eigenvalue weighted by molar-refractivity contribution is -0.131. The second kappa shape index (κ2) is 6.35. The van der Waals surface area contributed by atoms with Crippen LogP contribution in [0.1, 0.15) is 5.76 Å². The van der Waals surface area contributed by atoms with Crippen LogP contribution in [0.25, 0.3) is 11.5 Å². The van der Waals surface area contributed by atoms with Gasteiger partial charge in [-0.3, -0.25) is 4.79 Å². The first-order valence-corrected chi connectivity index (χ1v) is 7.03. The van der Waals surface area contributed by atoms with Crippen LogP contribution in [-0.2, 0) is 17.9 Å². The molecule has 1 amide bonds. The van der Waals surface area contributed by atoms with Crippen LogP contribution in [0.15, 0.2) is 62.4 Å². The maximum atomic E-state index is 12.2. The van der Waals surface area contributed by atoms with Crippen molar-refractivity contribution in [2.45, 2.75) is 13.1 Å². The van der Waals surface area contributed by atoms with Gasteiger partial charge in [-0.1, -0.05) is 18.2 Å². The van der Waals surface area contributed by atoms with Gasteiger partial charge in [0.2, 0.25) is 11.8 Å². The van der Waals surface area contributed by atoms with Gasteiger partial charge in [0, 0.05) is 12.6 Å². The molecular formula is C16H15N3O4. The molecule has 0 saturated heterocycles. The first-order valence-electron chi connectivity index (χ1n) is 7.03. The summed E-state index contributed by atoms with van der Waals surface area (Å²) in [7, 11) is 1.63. The summed E-state index contributed by atoms with van der Waals surface area (Å²) in [5.74, 6) is -0.0737. The first kappa shape index (κ1) is 14.8. The number of hydrogen-bond donors (Lipinski definition) is 0. The van der Waals surface area contributed by atoms with Crippen molar-refractivity contribution in [3.05, 3.63) is 65.0 Å². The van der Waals surface area contributed by atoms with E-state index in [1.54, 1.807) is 37.6 Å². The van der Waals surface area contributed by atoms with Crippen molar-refractivity contribution < 1.29 is 13.6 Å². The van der Waals surface area contributed by atoms with Crippen LogP contribution in [-0.4, -0.2) is 27.6 Å². The minimum absolute atomic E-state index is 0.188. The summed E-state index contributed by atoms with van der Waals surface area (Å²) in [6, 6.07) is 12.6. The molecule has 0 bridgehead atoms. The Morgan fingerprint density at radius 1 is 1.22 bits per heavy atom. The Kier molecular flexibility index (Phi) is 4.09. The molecule has 0 fully saturated rings. The number of benzene rings is 1. The van der Waals surface area contributed by atoms with E-state index in [-0.39, 0.29) is 18.3 Å². The molecule has 7 heteroatoms. The number of carbonyl (C=O) groups is 1. The molecule has 0 aliphatic carbocycles. The minimum Gasteiger partial charge on any atom is -0.467 e. The van der Waals surface area contributed by atoms with Gasteiger partial charge in [0.1, 0.15) is 12.3 Å². The van der Waals surface area contributed by atoms with E-state index in [1.165, 1.54) is 4.90 Å². The highest BCUT2D eigenvalue weighted by atomic mass is 16.4. The van der Waals surface area contributed by atoms with Gasteiger partial charge in [-0.05, 0) is 24.3 Å². The Hall–Kier alpha value is -3.09. The fourth-order valence-corrected chi connectivity index (χ4v) is 2.08. The number of aromatic nitrogens is 2. The number of carbonyl (C=O) groups excluding carboxylic acids is 1. The van der Waals surface area contributed by atoms with Crippen LogP contribution >= 0.6 is 0 Å².